The van der Waals surface area contributed by atoms with Gasteiger partial charge in [-0.05, 0) is 23.8 Å². The number of amides is 1. The summed E-state index contributed by atoms with van der Waals surface area (Å²) < 4.78 is 40.2. The molecule has 0 atom stereocenters. The molecule has 0 fully saturated rings. The van der Waals surface area contributed by atoms with Crippen LogP contribution in [0.2, 0.25) is 0 Å². The maximum Gasteiger partial charge on any atom is 0.416 e. The molecule has 0 unspecified atom stereocenters. The summed E-state index contributed by atoms with van der Waals surface area (Å²) in [5.41, 5.74) is 1.61. The molecule has 142 valence electrons. The Bertz CT molecular complexity index is 1150. The predicted octanol–water partition coefficient (Wildman–Crippen LogP) is 4.41. The first-order valence-electron chi connectivity index (χ1n) is 8.22. The van der Waals surface area contributed by atoms with E-state index in [1.807, 2.05) is 4.40 Å². The number of nitrogens with one attached hydrogen (secondary N) is 1. The zero-order chi connectivity index (χ0) is 19.7. The Morgan fingerprint density at radius 3 is 2.89 bits per heavy atom. The van der Waals surface area contributed by atoms with Crippen molar-refractivity contribution in [1.29, 1.82) is 0 Å². The third-order valence-corrected chi connectivity index (χ3v) is 5.09. The minimum atomic E-state index is -4.41. The second kappa shape index (κ2) is 7.08. The highest BCUT2D eigenvalue weighted by molar-refractivity contribution is 7.13. The SMILES string of the molecule is O=C(NCc1cccc(C(F)(F)F)c1)c1csc(-c2cnc3cnccn23)c1. The van der Waals surface area contributed by atoms with E-state index in [4.69, 9.17) is 0 Å². The van der Waals surface area contributed by atoms with Crippen LogP contribution in [0.4, 0.5) is 13.2 Å². The van der Waals surface area contributed by atoms with Crippen LogP contribution in [-0.2, 0) is 12.7 Å². The minimum Gasteiger partial charge on any atom is -0.348 e. The molecule has 3 aromatic heterocycles. The van der Waals surface area contributed by atoms with Crippen LogP contribution < -0.4 is 5.32 Å². The lowest BCUT2D eigenvalue weighted by Crippen LogP contribution is -2.22. The van der Waals surface area contributed by atoms with Gasteiger partial charge < -0.3 is 5.32 Å². The van der Waals surface area contributed by atoms with Gasteiger partial charge in [-0.2, -0.15) is 13.2 Å². The summed E-state index contributed by atoms with van der Waals surface area (Å²) in [7, 11) is 0. The summed E-state index contributed by atoms with van der Waals surface area (Å²) >= 11 is 1.39. The Morgan fingerprint density at radius 1 is 1.21 bits per heavy atom. The van der Waals surface area contributed by atoms with Gasteiger partial charge in [0.25, 0.3) is 5.91 Å². The van der Waals surface area contributed by atoms with Crippen molar-refractivity contribution in [2.45, 2.75) is 12.7 Å². The van der Waals surface area contributed by atoms with E-state index >= 15 is 0 Å². The third-order valence-electron chi connectivity index (χ3n) is 4.14. The first-order chi connectivity index (χ1) is 13.4. The van der Waals surface area contributed by atoms with E-state index in [9.17, 15) is 18.0 Å². The van der Waals surface area contributed by atoms with Crippen LogP contribution >= 0.6 is 11.3 Å². The maximum atomic E-state index is 12.8. The number of carbonyl (C=O) groups is 1. The Morgan fingerprint density at radius 2 is 2.07 bits per heavy atom. The largest absolute Gasteiger partial charge is 0.416 e. The highest BCUT2D eigenvalue weighted by Gasteiger charge is 2.30. The van der Waals surface area contributed by atoms with E-state index in [2.05, 4.69) is 15.3 Å². The number of imidazole rings is 1. The van der Waals surface area contributed by atoms with E-state index in [1.165, 1.54) is 17.4 Å². The Hall–Kier alpha value is -3.20. The molecular formula is C19H13F3N4OS. The molecule has 4 aromatic rings. The molecule has 1 amide bonds. The van der Waals surface area contributed by atoms with Crippen molar-refractivity contribution in [1.82, 2.24) is 19.7 Å². The summed E-state index contributed by atoms with van der Waals surface area (Å²) in [5.74, 6) is -0.351. The average molecular weight is 402 g/mol. The molecular weight excluding hydrogens is 389 g/mol. The fourth-order valence-corrected chi connectivity index (χ4v) is 3.65. The standard InChI is InChI=1S/C19H13F3N4OS/c20-19(21,22)14-3-1-2-12(6-14)8-25-18(27)13-7-16(28-11-13)15-9-24-17-10-23-4-5-26(15)17/h1-7,9-11H,8H2,(H,25,27). The number of fused-ring (bicyclic) bond motifs is 1. The number of carbonyl (C=O) groups excluding carboxylic acids is 1. The van der Waals surface area contributed by atoms with Crippen LogP contribution in [0.15, 0.2) is 60.5 Å². The van der Waals surface area contributed by atoms with E-state index < -0.39 is 11.7 Å². The summed E-state index contributed by atoms with van der Waals surface area (Å²) in [4.78, 5) is 21.5. The Kier molecular flexibility index (Phi) is 4.60. The smallest absolute Gasteiger partial charge is 0.348 e. The van der Waals surface area contributed by atoms with Gasteiger partial charge in [-0.25, -0.2) is 4.98 Å². The lowest BCUT2D eigenvalue weighted by atomic mass is 10.1. The molecule has 0 saturated heterocycles. The van der Waals surface area contributed by atoms with Gasteiger partial charge in [0.15, 0.2) is 5.65 Å². The van der Waals surface area contributed by atoms with E-state index in [0.29, 0.717) is 16.8 Å². The van der Waals surface area contributed by atoms with Crippen molar-refractivity contribution in [2.24, 2.45) is 0 Å². The molecule has 0 aliphatic carbocycles. The zero-order valence-electron chi connectivity index (χ0n) is 14.3. The van der Waals surface area contributed by atoms with Gasteiger partial charge in [-0.3, -0.25) is 14.2 Å². The molecule has 0 aliphatic heterocycles. The number of alkyl halides is 3. The summed E-state index contributed by atoms with van der Waals surface area (Å²) in [6, 6.07) is 6.64. The second-order valence-electron chi connectivity index (χ2n) is 6.03. The molecule has 0 radical (unpaired) electrons. The van der Waals surface area contributed by atoms with Gasteiger partial charge in [-0.15, -0.1) is 11.3 Å². The van der Waals surface area contributed by atoms with Gasteiger partial charge in [0.05, 0.1) is 34.1 Å². The van der Waals surface area contributed by atoms with Gasteiger partial charge in [0.1, 0.15) is 0 Å². The van der Waals surface area contributed by atoms with Crippen LogP contribution in [-0.4, -0.2) is 20.3 Å². The van der Waals surface area contributed by atoms with Crippen molar-refractivity contribution in [3.05, 3.63) is 77.2 Å². The summed E-state index contributed by atoms with van der Waals surface area (Å²) in [6.45, 7) is 0.00914. The van der Waals surface area contributed by atoms with E-state index in [1.54, 1.807) is 42.3 Å². The molecule has 9 heteroatoms. The predicted molar refractivity (Wildman–Crippen MR) is 98.9 cm³/mol. The van der Waals surface area contributed by atoms with Crippen LogP contribution in [0.25, 0.3) is 16.2 Å². The number of nitrogens with zero attached hydrogens (tertiary/aromatic N) is 3. The lowest BCUT2D eigenvalue weighted by molar-refractivity contribution is -0.137. The second-order valence-corrected chi connectivity index (χ2v) is 6.94. The van der Waals surface area contributed by atoms with Gasteiger partial charge in [-0.1, -0.05) is 12.1 Å². The zero-order valence-corrected chi connectivity index (χ0v) is 15.1. The van der Waals surface area contributed by atoms with Crippen LogP contribution in [0, 0.1) is 0 Å². The Labute approximate surface area is 161 Å². The summed E-state index contributed by atoms with van der Waals surface area (Å²) in [6.07, 6.45) is 2.36. The molecule has 4 rings (SSSR count). The molecule has 1 aromatic carbocycles. The third kappa shape index (κ3) is 3.61. The number of hydrogen-bond donors (Lipinski definition) is 1. The highest BCUT2D eigenvalue weighted by Crippen LogP contribution is 2.30. The maximum absolute atomic E-state index is 12.8. The topological polar surface area (TPSA) is 59.3 Å². The van der Waals surface area contributed by atoms with Crippen LogP contribution in [0.3, 0.4) is 0 Å². The lowest BCUT2D eigenvalue weighted by Gasteiger charge is -2.09. The van der Waals surface area contributed by atoms with Crippen molar-refractivity contribution in [3.8, 4) is 10.6 Å². The van der Waals surface area contributed by atoms with Crippen molar-refractivity contribution >= 4 is 22.9 Å². The number of rotatable bonds is 4. The molecule has 0 saturated carbocycles. The fourth-order valence-electron chi connectivity index (χ4n) is 2.76. The highest BCUT2D eigenvalue weighted by atomic mass is 32.1. The molecule has 1 N–H and O–H groups in total. The minimum absolute atomic E-state index is 0.00914. The first-order valence-corrected chi connectivity index (χ1v) is 9.10. The van der Waals surface area contributed by atoms with Crippen molar-refractivity contribution in [2.75, 3.05) is 0 Å². The number of benzene rings is 1. The monoisotopic (exact) mass is 402 g/mol. The number of halogens is 3. The molecule has 0 aliphatic rings. The normalized spacial score (nSPS) is 11.7. The quantitative estimate of drug-likeness (QED) is 0.550. The number of hydrogen-bond acceptors (Lipinski definition) is 4. The number of thiophene rings is 1. The van der Waals surface area contributed by atoms with Crippen LogP contribution in [0.5, 0.6) is 0 Å². The van der Waals surface area contributed by atoms with Gasteiger partial charge in [0.2, 0.25) is 0 Å². The molecule has 5 nitrogen and oxygen atoms in total. The molecule has 28 heavy (non-hydrogen) atoms. The molecule has 0 spiro atoms. The van der Waals surface area contributed by atoms with E-state index in [-0.39, 0.29) is 12.5 Å². The number of aromatic nitrogens is 3. The van der Waals surface area contributed by atoms with Crippen LogP contribution in [0.1, 0.15) is 21.5 Å². The van der Waals surface area contributed by atoms with Crippen molar-refractivity contribution in [3.63, 3.8) is 0 Å². The fraction of sp³-hybridized carbons (Fsp3) is 0.105. The van der Waals surface area contributed by atoms with E-state index in [0.717, 1.165) is 22.7 Å². The molecule has 0 bridgehead atoms. The Balaban J connectivity index is 1.48. The van der Waals surface area contributed by atoms with Gasteiger partial charge in [0, 0.05) is 24.3 Å². The average Bonchev–Trinajstić information content (AvgIpc) is 3.32. The first kappa shape index (κ1) is 18.2. The van der Waals surface area contributed by atoms with Gasteiger partial charge >= 0.3 is 6.18 Å². The molecule has 3 heterocycles. The summed E-state index contributed by atoms with van der Waals surface area (Å²) in [5, 5.41) is 4.36. The van der Waals surface area contributed by atoms with Crippen molar-refractivity contribution < 1.29 is 18.0 Å².